The Hall–Kier alpha value is -1.77. The first-order chi connectivity index (χ1) is 6.75. The molecule has 0 fully saturated rings. The molecule has 2 rings (SSSR count). The second kappa shape index (κ2) is 3.54. The summed E-state index contributed by atoms with van der Waals surface area (Å²) < 4.78 is 0. The van der Waals surface area contributed by atoms with Gasteiger partial charge in [-0.15, -0.1) is 0 Å². The first kappa shape index (κ1) is 8.81. The maximum absolute atomic E-state index is 10.6. The number of hydrogen-bond acceptors (Lipinski definition) is 1. The summed E-state index contributed by atoms with van der Waals surface area (Å²) >= 11 is 0. The molecule has 0 bridgehead atoms. The molecular weight excluding hydrogens is 176 g/mol. The Bertz CT molecular complexity index is 459. The zero-order valence-electron chi connectivity index (χ0n) is 7.79. The van der Waals surface area contributed by atoms with Gasteiger partial charge in [0.2, 0.25) is 5.91 Å². The Balaban J connectivity index is 2.21. The van der Waals surface area contributed by atoms with Crippen molar-refractivity contribution < 1.29 is 4.79 Å². The average Bonchev–Trinajstić information content (AvgIpc) is 2.61. The molecule has 0 saturated carbocycles. The molecule has 0 atom stereocenters. The number of carbonyl (C=O) groups excluding carboxylic acids is 1. The van der Waals surface area contributed by atoms with E-state index in [-0.39, 0.29) is 5.91 Å². The lowest BCUT2D eigenvalue weighted by Crippen LogP contribution is -2.11. The second-order valence-electron chi connectivity index (χ2n) is 3.37. The highest BCUT2D eigenvalue weighted by Gasteiger charge is 1.99. The molecular formula is C11H12N2O. The van der Waals surface area contributed by atoms with Crippen molar-refractivity contribution in [3.05, 3.63) is 36.0 Å². The number of benzene rings is 1. The van der Waals surface area contributed by atoms with Crippen LogP contribution in [0, 0.1) is 0 Å². The fourth-order valence-electron chi connectivity index (χ4n) is 1.53. The van der Waals surface area contributed by atoms with Crippen LogP contribution >= 0.6 is 0 Å². The van der Waals surface area contributed by atoms with Gasteiger partial charge in [0, 0.05) is 18.1 Å². The smallest absolute Gasteiger partial charge is 0.217 e. The van der Waals surface area contributed by atoms with Gasteiger partial charge in [-0.05, 0) is 35.6 Å². The van der Waals surface area contributed by atoms with Crippen LogP contribution in [-0.2, 0) is 11.2 Å². The number of primary amides is 1. The normalized spacial score (nSPS) is 10.6. The number of nitrogens with one attached hydrogen (secondary N) is 1. The number of rotatable bonds is 3. The molecule has 0 aliphatic carbocycles. The SMILES string of the molecule is NC(=O)CCc1ccc2[nH]ccc2c1. The van der Waals surface area contributed by atoms with Crippen molar-refractivity contribution in [3.8, 4) is 0 Å². The van der Waals surface area contributed by atoms with Gasteiger partial charge in [-0.25, -0.2) is 0 Å². The number of amides is 1. The molecule has 14 heavy (non-hydrogen) atoms. The molecule has 1 aromatic heterocycles. The van der Waals surface area contributed by atoms with Gasteiger partial charge in [-0.2, -0.15) is 0 Å². The lowest BCUT2D eigenvalue weighted by atomic mass is 10.1. The number of H-pyrrole nitrogens is 1. The van der Waals surface area contributed by atoms with Crippen LogP contribution in [0.5, 0.6) is 0 Å². The summed E-state index contributed by atoms with van der Waals surface area (Å²) in [5.41, 5.74) is 7.36. The molecule has 1 heterocycles. The number of fused-ring (bicyclic) bond motifs is 1. The highest BCUT2D eigenvalue weighted by atomic mass is 16.1. The van der Waals surface area contributed by atoms with Crippen LogP contribution in [0.4, 0.5) is 0 Å². The quantitative estimate of drug-likeness (QED) is 0.754. The number of carbonyl (C=O) groups is 1. The van der Waals surface area contributed by atoms with Crippen molar-refractivity contribution in [2.75, 3.05) is 0 Å². The molecule has 3 nitrogen and oxygen atoms in total. The number of aryl methyl sites for hydroxylation is 1. The van der Waals surface area contributed by atoms with Crippen molar-refractivity contribution in [2.45, 2.75) is 12.8 Å². The van der Waals surface area contributed by atoms with E-state index >= 15 is 0 Å². The van der Waals surface area contributed by atoms with E-state index in [1.165, 1.54) is 5.39 Å². The van der Waals surface area contributed by atoms with Crippen molar-refractivity contribution in [1.82, 2.24) is 4.98 Å². The van der Waals surface area contributed by atoms with Crippen LogP contribution in [-0.4, -0.2) is 10.9 Å². The molecule has 0 aliphatic heterocycles. The fraction of sp³-hybridized carbons (Fsp3) is 0.182. The highest BCUT2D eigenvalue weighted by Crippen LogP contribution is 2.15. The number of aromatic amines is 1. The lowest BCUT2D eigenvalue weighted by Gasteiger charge is -1.98. The monoisotopic (exact) mass is 188 g/mol. The van der Waals surface area contributed by atoms with Gasteiger partial charge >= 0.3 is 0 Å². The molecule has 2 aromatic rings. The van der Waals surface area contributed by atoms with Crippen LogP contribution in [0.25, 0.3) is 10.9 Å². The fourth-order valence-corrected chi connectivity index (χ4v) is 1.53. The minimum atomic E-state index is -0.251. The molecule has 72 valence electrons. The molecule has 1 amide bonds. The Morgan fingerprint density at radius 2 is 2.21 bits per heavy atom. The molecule has 3 N–H and O–H groups in total. The third kappa shape index (κ3) is 1.76. The predicted molar refractivity (Wildman–Crippen MR) is 55.8 cm³/mol. The maximum Gasteiger partial charge on any atom is 0.217 e. The van der Waals surface area contributed by atoms with Crippen LogP contribution in [0.1, 0.15) is 12.0 Å². The van der Waals surface area contributed by atoms with E-state index in [0.29, 0.717) is 6.42 Å². The predicted octanol–water partition coefficient (Wildman–Crippen LogP) is 1.59. The van der Waals surface area contributed by atoms with Gasteiger partial charge in [0.25, 0.3) is 0 Å². The summed E-state index contributed by atoms with van der Waals surface area (Å²) in [6.07, 6.45) is 3.04. The standard InChI is InChI=1S/C11H12N2O/c12-11(14)4-2-8-1-3-10-9(7-8)5-6-13-10/h1,3,5-7,13H,2,4H2,(H2,12,14). The number of aromatic nitrogens is 1. The third-order valence-corrected chi connectivity index (χ3v) is 2.28. The number of hydrogen-bond donors (Lipinski definition) is 2. The Morgan fingerprint density at radius 1 is 1.36 bits per heavy atom. The second-order valence-corrected chi connectivity index (χ2v) is 3.37. The summed E-state index contributed by atoms with van der Waals surface area (Å²) in [5, 5.41) is 1.17. The summed E-state index contributed by atoms with van der Waals surface area (Å²) in [5.74, 6) is -0.251. The van der Waals surface area contributed by atoms with Crippen molar-refractivity contribution >= 4 is 16.8 Å². The molecule has 0 unspecified atom stereocenters. The van der Waals surface area contributed by atoms with Gasteiger partial charge in [-0.1, -0.05) is 6.07 Å². The van der Waals surface area contributed by atoms with E-state index in [0.717, 1.165) is 17.5 Å². The van der Waals surface area contributed by atoms with E-state index < -0.39 is 0 Å². The minimum absolute atomic E-state index is 0.251. The summed E-state index contributed by atoms with van der Waals surface area (Å²) in [4.78, 5) is 13.7. The number of nitrogens with two attached hydrogens (primary N) is 1. The largest absolute Gasteiger partial charge is 0.370 e. The molecule has 1 aromatic carbocycles. The van der Waals surface area contributed by atoms with E-state index in [4.69, 9.17) is 5.73 Å². The van der Waals surface area contributed by atoms with Crippen LogP contribution < -0.4 is 5.73 Å². The average molecular weight is 188 g/mol. The summed E-state index contributed by atoms with van der Waals surface area (Å²) in [6, 6.07) is 8.13. The van der Waals surface area contributed by atoms with Crippen molar-refractivity contribution in [3.63, 3.8) is 0 Å². The molecule has 0 saturated heterocycles. The Labute approximate surface area is 81.9 Å². The van der Waals surface area contributed by atoms with Crippen LogP contribution in [0.2, 0.25) is 0 Å². The summed E-state index contributed by atoms with van der Waals surface area (Å²) in [7, 11) is 0. The van der Waals surface area contributed by atoms with Gasteiger partial charge in [0.05, 0.1) is 0 Å². The molecule has 0 spiro atoms. The highest BCUT2D eigenvalue weighted by molar-refractivity contribution is 5.80. The Kier molecular flexibility index (Phi) is 2.23. The van der Waals surface area contributed by atoms with Gasteiger partial charge in [0.15, 0.2) is 0 Å². The molecule has 0 radical (unpaired) electrons. The van der Waals surface area contributed by atoms with Gasteiger partial charge in [0.1, 0.15) is 0 Å². The molecule has 0 aliphatic rings. The van der Waals surface area contributed by atoms with E-state index in [1.807, 2.05) is 24.4 Å². The van der Waals surface area contributed by atoms with Crippen molar-refractivity contribution in [1.29, 1.82) is 0 Å². The lowest BCUT2D eigenvalue weighted by molar-refractivity contribution is -0.117. The maximum atomic E-state index is 10.6. The zero-order valence-corrected chi connectivity index (χ0v) is 7.79. The van der Waals surface area contributed by atoms with Gasteiger partial charge in [-0.3, -0.25) is 4.79 Å². The first-order valence-corrected chi connectivity index (χ1v) is 4.60. The molecule has 3 heteroatoms. The van der Waals surface area contributed by atoms with Crippen LogP contribution in [0.15, 0.2) is 30.5 Å². The zero-order chi connectivity index (χ0) is 9.97. The topological polar surface area (TPSA) is 58.9 Å². The minimum Gasteiger partial charge on any atom is -0.370 e. The third-order valence-electron chi connectivity index (χ3n) is 2.28. The van der Waals surface area contributed by atoms with Crippen molar-refractivity contribution in [2.24, 2.45) is 5.73 Å². The Morgan fingerprint density at radius 3 is 3.00 bits per heavy atom. The van der Waals surface area contributed by atoms with Gasteiger partial charge < -0.3 is 10.7 Å². The van der Waals surface area contributed by atoms with E-state index in [9.17, 15) is 4.79 Å². The first-order valence-electron chi connectivity index (χ1n) is 4.60. The summed E-state index contributed by atoms with van der Waals surface area (Å²) in [6.45, 7) is 0. The van der Waals surface area contributed by atoms with E-state index in [1.54, 1.807) is 0 Å². The van der Waals surface area contributed by atoms with E-state index in [2.05, 4.69) is 11.1 Å². The van der Waals surface area contributed by atoms with Crippen LogP contribution in [0.3, 0.4) is 0 Å².